The van der Waals surface area contributed by atoms with Crippen LogP contribution in [0.15, 0.2) is 18.2 Å². The van der Waals surface area contributed by atoms with Gasteiger partial charge in [-0.15, -0.1) is 0 Å². The first-order chi connectivity index (χ1) is 10.6. The molecule has 0 bridgehead atoms. The summed E-state index contributed by atoms with van der Waals surface area (Å²) in [6.07, 6.45) is 8.32. The smallest absolute Gasteiger partial charge is 0.0374 e. The van der Waals surface area contributed by atoms with Crippen LogP contribution in [0.4, 0.5) is 5.69 Å². The van der Waals surface area contributed by atoms with E-state index in [2.05, 4.69) is 49.2 Å². The summed E-state index contributed by atoms with van der Waals surface area (Å²) in [7, 11) is 0. The summed E-state index contributed by atoms with van der Waals surface area (Å²) in [6, 6.07) is 8.25. The Labute approximate surface area is 136 Å². The van der Waals surface area contributed by atoms with Gasteiger partial charge in [0.05, 0.1) is 0 Å². The molecule has 1 N–H and O–H groups in total. The summed E-state index contributed by atoms with van der Waals surface area (Å²) in [4.78, 5) is 2.77. The minimum Gasteiger partial charge on any atom is -0.382 e. The fraction of sp³-hybridized carbons (Fsp3) is 0.700. The van der Waals surface area contributed by atoms with Gasteiger partial charge in [-0.3, -0.25) is 0 Å². The van der Waals surface area contributed by atoms with E-state index in [-0.39, 0.29) is 0 Å². The molecule has 0 aromatic heterocycles. The number of nitrogens with zero attached hydrogens (tertiary/aromatic N) is 1. The Balaban J connectivity index is 1.52. The lowest BCUT2D eigenvalue weighted by Gasteiger charge is -2.41. The van der Waals surface area contributed by atoms with E-state index in [4.69, 9.17) is 0 Å². The quantitative estimate of drug-likeness (QED) is 0.866. The van der Waals surface area contributed by atoms with Gasteiger partial charge >= 0.3 is 0 Å². The van der Waals surface area contributed by atoms with Gasteiger partial charge in [-0.25, -0.2) is 0 Å². The molecule has 0 amide bonds. The number of hydrogen-bond donors (Lipinski definition) is 1. The molecule has 1 saturated carbocycles. The molecule has 2 unspecified atom stereocenters. The highest BCUT2D eigenvalue weighted by Gasteiger charge is 2.28. The van der Waals surface area contributed by atoms with Crippen LogP contribution < -0.4 is 5.32 Å². The highest BCUT2D eigenvalue weighted by molar-refractivity contribution is 5.53. The largest absolute Gasteiger partial charge is 0.382 e. The summed E-state index contributed by atoms with van der Waals surface area (Å²) in [5, 5.41) is 3.80. The van der Waals surface area contributed by atoms with Crippen molar-refractivity contribution in [1.29, 1.82) is 0 Å². The Kier molecular flexibility index (Phi) is 5.07. The van der Waals surface area contributed by atoms with E-state index < -0.39 is 0 Å². The Morgan fingerprint density at radius 2 is 1.82 bits per heavy atom. The molecule has 2 atom stereocenters. The molecule has 0 radical (unpaired) electrons. The second-order valence-electron chi connectivity index (χ2n) is 7.70. The van der Waals surface area contributed by atoms with Crippen LogP contribution in [0.2, 0.25) is 0 Å². The number of piperidine rings is 1. The van der Waals surface area contributed by atoms with Crippen molar-refractivity contribution in [3.05, 3.63) is 29.3 Å². The minimum atomic E-state index is 0.651. The van der Waals surface area contributed by atoms with E-state index in [9.17, 15) is 0 Å². The lowest BCUT2D eigenvalue weighted by atomic mass is 9.85. The molecule has 2 heteroatoms. The summed E-state index contributed by atoms with van der Waals surface area (Å²) in [5.74, 6) is 0.935. The van der Waals surface area contributed by atoms with Crippen molar-refractivity contribution in [2.45, 2.75) is 71.4 Å². The zero-order valence-corrected chi connectivity index (χ0v) is 14.6. The molecule has 22 heavy (non-hydrogen) atoms. The first kappa shape index (κ1) is 15.9. The van der Waals surface area contributed by atoms with Gasteiger partial charge in [-0.2, -0.15) is 0 Å². The van der Waals surface area contributed by atoms with Crippen LogP contribution in [-0.2, 0) is 0 Å². The van der Waals surface area contributed by atoms with E-state index in [0.717, 1.165) is 12.0 Å². The molecule has 1 heterocycles. The first-order valence-corrected chi connectivity index (χ1v) is 9.19. The molecule has 2 aliphatic rings. The van der Waals surface area contributed by atoms with Crippen LogP contribution in [0, 0.1) is 19.8 Å². The lowest BCUT2D eigenvalue weighted by Crippen LogP contribution is -2.46. The second-order valence-corrected chi connectivity index (χ2v) is 7.70. The first-order valence-electron chi connectivity index (χ1n) is 9.19. The molecule has 1 aromatic rings. The van der Waals surface area contributed by atoms with Crippen molar-refractivity contribution in [3.63, 3.8) is 0 Å². The predicted molar refractivity (Wildman–Crippen MR) is 95.6 cm³/mol. The third-order valence-corrected chi connectivity index (χ3v) is 5.71. The monoisotopic (exact) mass is 300 g/mol. The molecule has 3 rings (SSSR count). The maximum absolute atomic E-state index is 3.80. The zero-order chi connectivity index (χ0) is 15.5. The number of aryl methyl sites for hydroxylation is 2. The summed E-state index contributed by atoms with van der Waals surface area (Å²) >= 11 is 0. The Morgan fingerprint density at radius 3 is 2.55 bits per heavy atom. The number of nitrogens with one attached hydrogen (secondary N) is 1. The fourth-order valence-corrected chi connectivity index (χ4v) is 4.25. The topological polar surface area (TPSA) is 15.3 Å². The van der Waals surface area contributed by atoms with Crippen molar-refractivity contribution in [1.82, 2.24) is 4.90 Å². The van der Waals surface area contributed by atoms with Crippen LogP contribution in [0.1, 0.15) is 56.6 Å². The molecule has 1 aliphatic heterocycles. The molecule has 1 aromatic carbocycles. The lowest BCUT2D eigenvalue weighted by molar-refractivity contribution is 0.109. The fourth-order valence-electron chi connectivity index (χ4n) is 4.25. The third kappa shape index (κ3) is 3.84. The maximum Gasteiger partial charge on any atom is 0.0374 e. The van der Waals surface area contributed by atoms with E-state index in [1.165, 1.54) is 68.4 Å². The van der Waals surface area contributed by atoms with Gasteiger partial charge < -0.3 is 10.2 Å². The van der Waals surface area contributed by atoms with Gasteiger partial charge in [0.1, 0.15) is 0 Å². The Bertz CT molecular complexity index is 488. The molecule has 2 fully saturated rings. The van der Waals surface area contributed by atoms with Gasteiger partial charge in [0, 0.05) is 30.9 Å². The van der Waals surface area contributed by atoms with Crippen molar-refractivity contribution in [2.75, 3.05) is 18.4 Å². The van der Waals surface area contributed by atoms with E-state index in [1.54, 1.807) is 0 Å². The Hall–Kier alpha value is -1.02. The SMILES string of the molecule is Cc1ccc(C)c(NC2CCN(C3CCCC(C)C3)CC2)c1. The molecular weight excluding hydrogens is 268 g/mol. The summed E-state index contributed by atoms with van der Waals surface area (Å²) in [5.41, 5.74) is 4.06. The zero-order valence-electron chi connectivity index (χ0n) is 14.6. The molecule has 1 saturated heterocycles. The standard InChI is InChI=1S/C20H32N2/c1-15-5-4-6-19(13-15)22-11-9-18(10-12-22)21-20-14-16(2)7-8-17(20)3/h7-8,14-15,18-19,21H,4-6,9-13H2,1-3H3. The second kappa shape index (κ2) is 7.04. The minimum absolute atomic E-state index is 0.651. The Morgan fingerprint density at radius 1 is 1.05 bits per heavy atom. The van der Waals surface area contributed by atoms with Crippen molar-refractivity contribution >= 4 is 5.69 Å². The molecular formula is C20H32N2. The van der Waals surface area contributed by atoms with Crippen LogP contribution in [0.5, 0.6) is 0 Å². The van der Waals surface area contributed by atoms with E-state index >= 15 is 0 Å². The normalized spacial score (nSPS) is 27.8. The highest BCUT2D eigenvalue weighted by Crippen LogP contribution is 2.30. The van der Waals surface area contributed by atoms with E-state index in [0.29, 0.717) is 6.04 Å². The maximum atomic E-state index is 3.80. The van der Waals surface area contributed by atoms with Gasteiger partial charge in [0.25, 0.3) is 0 Å². The number of benzene rings is 1. The van der Waals surface area contributed by atoms with Gasteiger partial charge in [0.15, 0.2) is 0 Å². The van der Waals surface area contributed by atoms with Crippen molar-refractivity contribution in [3.8, 4) is 0 Å². The summed E-state index contributed by atoms with van der Waals surface area (Å²) in [6.45, 7) is 9.37. The number of hydrogen-bond acceptors (Lipinski definition) is 2. The predicted octanol–water partition coefficient (Wildman–Crippen LogP) is 4.76. The third-order valence-electron chi connectivity index (χ3n) is 5.71. The van der Waals surface area contributed by atoms with Gasteiger partial charge in [-0.1, -0.05) is 31.9 Å². The molecule has 2 nitrogen and oxygen atoms in total. The van der Waals surface area contributed by atoms with Crippen LogP contribution in [0.3, 0.4) is 0 Å². The van der Waals surface area contributed by atoms with Crippen molar-refractivity contribution in [2.24, 2.45) is 5.92 Å². The summed E-state index contributed by atoms with van der Waals surface area (Å²) < 4.78 is 0. The van der Waals surface area contributed by atoms with Crippen molar-refractivity contribution < 1.29 is 0 Å². The van der Waals surface area contributed by atoms with Crippen LogP contribution >= 0.6 is 0 Å². The number of likely N-dealkylation sites (tertiary alicyclic amines) is 1. The van der Waals surface area contributed by atoms with E-state index in [1.807, 2.05) is 0 Å². The molecule has 1 aliphatic carbocycles. The highest BCUT2D eigenvalue weighted by atomic mass is 15.2. The average molecular weight is 300 g/mol. The van der Waals surface area contributed by atoms with Crippen LogP contribution in [-0.4, -0.2) is 30.1 Å². The molecule has 122 valence electrons. The number of rotatable bonds is 3. The van der Waals surface area contributed by atoms with Gasteiger partial charge in [0.2, 0.25) is 0 Å². The van der Waals surface area contributed by atoms with Gasteiger partial charge in [-0.05, 0) is 62.6 Å². The molecule has 0 spiro atoms. The number of anilines is 1. The van der Waals surface area contributed by atoms with Crippen LogP contribution in [0.25, 0.3) is 0 Å². The average Bonchev–Trinajstić information content (AvgIpc) is 2.52.